The van der Waals surface area contributed by atoms with Gasteiger partial charge in [-0.25, -0.2) is 4.79 Å². The largest absolute Gasteiger partial charge is 0.469 e. The molecule has 1 fully saturated rings. The summed E-state index contributed by atoms with van der Waals surface area (Å²) in [5.74, 6) is -0.515. The third kappa shape index (κ3) is 4.04. The summed E-state index contributed by atoms with van der Waals surface area (Å²) in [6, 6.07) is 7.41. The molecule has 5 heteroatoms. The Morgan fingerprint density at radius 3 is 2.81 bits per heavy atom. The van der Waals surface area contributed by atoms with Gasteiger partial charge in [-0.2, -0.15) is 0 Å². The van der Waals surface area contributed by atoms with Crippen molar-refractivity contribution in [2.75, 3.05) is 27.3 Å². The van der Waals surface area contributed by atoms with Crippen molar-refractivity contribution >= 4 is 11.9 Å². The molecule has 0 aromatic heterocycles. The maximum Gasteiger partial charge on any atom is 0.337 e. The number of rotatable bonds is 4. The first kappa shape index (κ1) is 15.5. The molecule has 0 aliphatic carbocycles. The Morgan fingerprint density at radius 2 is 2.10 bits per heavy atom. The summed E-state index contributed by atoms with van der Waals surface area (Å²) in [5.41, 5.74) is 1.60. The molecule has 21 heavy (non-hydrogen) atoms. The minimum absolute atomic E-state index is 0.0486. The molecule has 0 radical (unpaired) electrons. The number of piperidine rings is 1. The van der Waals surface area contributed by atoms with Gasteiger partial charge >= 0.3 is 11.9 Å². The Balaban J connectivity index is 2.01. The summed E-state index contributed by atoms with van der Waals surface area (Å²) in [4.78, 5) is 25.4. The van der Waals surface area contributed by atoms with E-state index in [2.05, 4.69) is 4.90 Å². The Kier molecular flexibility index (Phi) is 5.33. The topological polar surface area (TPSA) is 55.8 Å². The summed E-state index contributed by atoms with van der Waals surface area (Å²) in [6.07, 6.45) is 1.86. The normalized spacial score (nSPS) is 19.0. The van der Waals surface area contributed by atoms with Gasteiger partial charge in [0.25, 0.3) is 0 Å². The molecular formula is C16H21NO4. The summed E-state index contributed by atoms with van der Waals surface area (Å²) in [5, 5.41) is 0. The average Bonchev–Trinajstić information content (AvgIpc) is 2.53. The molecule has 0 N–H and O–H groups in total. The number of hydrogen-bond donors (Lipinski definition) is 0. The van der Waals surface area contributed by atoms with E-state index in [1.807, 2.05) is 18.2 Å². The molecular weight excluding hydrogens is 270 g/mol. The number of hydrogen-bond acceptors (Lipinski definition) is 5. The molecule has 0 bridgehead atoms. The van der Waals surface area contributed by atoms with Crippen LogP contribution in [0.1, 0.15) is 28.8 Å². The van der Waals surface area contributed by atoms with Crippen molar-refractivity contribution < 1.29 is 19.1 Å². The van der Waals surface area contributed by atoms with Crippen LogP contribution in [0.3, 0.4) is 0 Å². The van der Waals surface area contributed by atoms with Crippen molar-refractivity contribution in [2.45, 2.75) is 19.4 Å². The molecule has 1 aliphatic heterocycles. The van der Waals surface area contributed by atoms with Crippen LogP contribution in [-0.4, -0.2) is 44.1 Å². The molecule has 1 aromatic carbocycles. The highest BCUT2D eigenvalue weighted by molar-refractivity contribution is 5.89. The van der Waals surface area contributed by atoms with E-state index in [-0.39, 0.29) is 17.9 Å². The first-order chi connectivity index (χ1) is 10.1. The van der Waals surface area contributed by atoms with Gasteiger partial charge < -0.3 is 9.47 Å². The van der Waals surface area contributed by atoms with Crippen LogP contribution in [-0.2, 0) is 20.8 Å². The number of benzene rings is 1. The van der Waals surface area contributed by atoms with Crippen molar-refractivity contribution in [3.63, 3.8) is 0 Å². The highest BCUT2D eigenvalue weighted by Gasteiger charge is 2.26. The van der Waals surface area contributed by atoms with Gasteiger partial charge in [0.1, 0.15) is 0 Å². The van der Waals surface area contributed by atoms with Crippen LogP contribution < -0.4 is 0 Å². The molecule has 1 aromatic rings. The van der Waals surface area contributed by atoms with Crippen molar-refractivity contribution in [2.24, 2.45) is 5.92 Å². The van der Waals surface area contributed by atoms with Crippen LogP contribution in [0.4, 0.5) is 0 Å². The summed E-state index contributed by atoms with van der Waals surface area (Å²) >= 11 is 0. The number of ether oxygens (including phenoxy) is 2. The predicted molar refractivity (Wildman–Crippen MR) is 77.8 cm³/mol. The third-order valence-electron chi connectivity index (χ3n) is 3.79. The quantitative estimate of drug-likeness (QED) is 0.793. The zero-order valence-electron chi connectivity index (χ0n) is 12.5. The lowest BCUT2D eigenvalue weighted by molar-refractivity contribution is -0.147. The standard InChI is InChI=1S/C16H21NO4/c1-20-15(18)13-6-3-5-12(9-13)10-17-8-4-7-14(11-17)16(19)21-2/h3,5-6,9,14H,4,7-8,10-11H2,1-2H3/t14-/m0/s1. The van der Waals surface area contributed by atoms with E-state index in [0.29, 0.717) is 12.1 Å². The zero-order chi connectivity index (χ0) is 15.2. The fraction of sp³-hybridized carbons (Fsp3) is 0.500. The molecule has 0 saturated carbocycles. The van der Waals surface area contributed by atoms with Crippen LogP contribution in [0.5, 0.6) is 0 Å². The summed E-state index contributed by atoms with van der Waals surface area (Å²) in [7, 11) is 2.81. The van der Waals surface area contributed by atoms with E-state index < -0.39 is 0 Å². The van der Waals surface area contributed by atoms with Crippen molar-refractivity contribution in [3.05, 3.63) is 35.4 Å². The first-order valence-electron chi connectivity index (χ1n) is 7.11. The zero-order valence-corrected chi connectivity index (χ0v) is 12.5. The molecule has 0 spiro atoms. The number of likely N-dealkylation sites (tertiary alicyclic amines) is 1. The van der Waals surface area contributed by atoms with E-state index in [1.165, 1.54) is 14.2 Å². The number of carbonyl (C=O) groups is 2. The van der Waals surface area contributed by atoms with Crippen molar-refractivity contribution in [1.82, 2.24) is 4.90 Å². The molecule has 1 heterocycles. The maximum absolute atomic E-state index is 11.6. The Morgan fingerprint density at radius 1 is 1.29 bits per heavy atom. The lowest BCUT2D eigenvalue weighted by Crippen LogP contribution is -2.38. The molecule has 1 aliphatic rings. The third-order valence-corrected chi connectivity index (χ3v) is 3.79. The monoisotopic (exact) mass is 291 g/mol. The first-order valence-corrected chi connectivity index (χ1v) is 7.11. The minimum atomic E-state index is -0.331. The Labute approximate surface area is 124 Å². The smallest absolute Gasteiger partial charge is 0.337 e. The molecule has 1 atom stereocenters. The van der Waals surface area contributed by atoms with Gasteiger partial charge in [0.05, 0.1) is 25.7 Å². The van der Waals surface area contributed by atoms with Crippen LogP contribution in [0.15, 0.2) is 24.3 Å². The Bertz CT molecular complexity index is 515. The summed E-state index contributed by atoms with van der Waals surface area (Å²) < 4.78 is 9.56. The van der Waals surface area contributed by atoms with E-state index in [4.69, 9.17) is 9.47 Å². The van der Waals surface area contributed by atoms with Crippen LogP contribution in [0.25, 0.3) is 0 Å². The lowest BCUT2D eigenvalue weighted by atomic mass is 9.97. The van der Waals surface area contributed by atoms with E-state index in [0.717, 1.165) is 31.5 Å². The second-order valence-electron chi connectivity index (χ2n) is 5.29. The number of nitrogens with zero attached hydrogens (tertiary/aromatic N) is 1. The molecule has 114 valence electrons. The molecule has 0 amide bonds. The van der Waals surface area contributed by atoms with Gasteiger partial charge in [-0.15, -0.1) is 0 Å². The fourth-order valence-corrected chi connectivity index (χ4v) is 2.73. The SMILES string of the molecule is COC(=O)c1cccc(CN2CCC[C@H](C(=O)OC)C2)c1. The highest BCUT2D eigenvalue weighted by atomic mass is 16.5. The molecule has 2 rings (SSSR count). The van der Waals surface area contributed by atoms with Crippen molar-refractivity contribution in [1.29, 1.82) is 0 Å². The minimum Gasteiger partial charge on any atom is -0.469 e. The van der Waals surface area contributed by atoms with Gasteiger partial charge in [0.2, 0.25) is 0 Å². The molecule has 1 saturated heterocycles. The average molecular weight is 291 g/mol. The fourth-order valence-electron chi connectivity index (χ4n) is 2.73. The van der Waals surface area contributed by atoms with E-state index in [9.17, 15) is 9.59 Å². The number of methoxy groups -OCH3 is 2. The highest BCUT2D eigenvalue weighted by Crippen LogP contribution is 2.20. The van der Waals surface area contributed by atoms with Crippen LogP contribution in [0.2, 0.25) is 0 Å². The predicted octanol–water partition coefficient (Wildman–Crippen LogP) is 1.86. The van der Waals surface area contributed by atoms with E-state index >= 15 is 0 Å². The van der Waals surface area contributed by atoms with Gasteiger partial charge in [-0.05, 0) is 37.1 Å². The van der Waals surface area contributed by atoms with Gasteiger partial charge in [-0.1, -0.05) is 12.1 Å². The van der Waals surface area contributed by atoms with Gasteiger partial charge in [0, 0.05) is 13.1 Å². The molecule has 0 unspecified atom stereocenters. The number of esters is 2. The Hall–Kier alpha value is -1.88. The van der Waals surface area contributed by atoms with Gasteiger partial charge in [0.15, 0.2) is 0 Å². The summed E-state index contributed by atoms with van der Waals surface area (Å²) in [6.45, 7) is 2.38. The molecule has 5 nitrogen and oxygen atoms in total. The second kappa shape index (κ2) is 7.22. The maximum atomic E-state index is 11.6. The van der Waals surface area contributed by atoms with Gasteiger partial charge in [-0.3, -0.25) is 9.69 Å². The van der Waals surface area contributed by atoms with Crippen LogP contribution in [0, 0.1) is 5.92 Å². The number of carbonyl (C=O) groups excluding carboxylic acids is 2. The second-order valence-corrected chi connectivity index (χ2v) is 5.29. The van der Waals surface area contributed by atoms with Crippen molar-refractivity contribution in [3.8, 4) is 0 Å². The van der Waals surface area contributed by atoms with Crippen LogP contribution >= 0.6 is 0 Å². The lowest BCUT2D eigenvalue weighted by Gasteiger charge is -2.31. The van der Waals surface area contributed by atoms with E-state index in [1.54, 1.807) is 6.07 Å².